The molecule has 0 saturated heterocycles. The Labute approximate surface area is 133 Å². The Morgan fingerprint density at radius 2 is 1.75 bits per heavy atom. The van der Waals surface area contributed by atoms with Crippen LogP contribution in [0.15, 0.2) is 42.5 Å². The third-order valence-corrected chi connectivity index (χ3v) is 4.07. The highest BCUT2D eigenvalue weighted by Gasteiger charge is 2.13. The number of aryl methyl sites for hydroxylation is 2. The second-order valence-corrected chi connectivity index (χ2v) is 6.31. The second-order valence-electron chi connectivity index (χ2n) is 5.06. The summed E-state index contributed by atoms with van der Waals surface area (Å²) in [5.41, 5.74) is 4.28. The molecule has 3 heteroatoms. The first kappa shape index (κ1) is 15.0. The molecule has 1 unspecified atom stereocenters. The van der Waals surface area contributed by atoms with Crippen molar-refractivity contribution in [2.75, 3.05) is 0 Å². The molecule has 1 atom stereocenters. The molecule has 104 valence electrons. The van der Waals surface area contributed by atoms with E-state index < -0.39 is 0 Å². The molecule has 2 rings (SSSR count). The Morgan fingerprint density at radius 3 is 2.40 bits per heavy atom. The molecule has 0 fully saturated rings. The first-order chi connectivity index (χ1) is 9.47. The van der Waals surface area contributed by atoms with Gasteiger partial charge in [0.2, 0.25) is 0 Å². The first-order valence-corrected chi connectivity index (χ1v) is 7.69. The number of rotatable bonds is 3. The van der Waals surface area contributed by atoms with E-state index in [0.29, 0.717) is 5.56 Å². The molecule has 0 saturated carbocycles. The van der Waals surface area contributed by atoms with Gasteiger partial charge in [-0.15, -0.1) is 0 Å². The van der Waals surface area contributed by atoms with Crippen molar-refractivity contribution in [3.8, 4) is 0 Å². The molecule has 0 bridgehead atoms. The summed E-state index contributed by atoms with van der Waals surface area (Å²) in [4.78, 5) is 12.2. The lowest BCUT2D eigenvalue weighted by molar-refractivity contribution is 0.0940. The van der Waals surface area contributed by atoms with Crippen LogP contribution in [0.25, 0.3) is 0 Å². The monoisotopic (exact) mass is 379 g/mol. The molecule has 0 aromatic heterocycles. The van der Waals surface area contributed by atoms with E-state index in [4.69, 9.17) is 0 Å². The smallest absolute Gasteiger partial charge is 0.251 e. The van der Waals surface area contributed by atoms with Crippen LogP contribution in [0, 0.1) is 17.4 Å². The van der Waals surface area contributed by atoms with Gasteiger partial charge >= 0.3 is 0 Å². The molecule has 1 N–H and O–H groups in total. The molecular weight excluding hydrogens is 361 g/mol. The molecule has 0 heterocycles. The van der Waals surface area contributed by atoms with Gasteiger partial charge in [-0.2, -0.15) is 0 Å². The maximum atomic E-state index is 12.2. The SMILES string of the molecule is Cc1ccc(C)c(C(C)NC(=O)c2ccc(I)cc2)c1. The van der Waals surface area contributed by atoms with Gasteiger partial charge < -0.3 is 5.32 Å². The minimum absolute atomic E-state index is 0.00155. The Morgan fingerprint density at radius 1 is 1.10 bits per heavy atom. The molecule has 2 aromatic rings. The molecule has 20 heavy (non-hydrogen) atoms. The topological polar surface area (TPSA) is 29.1 Å². The van der Waals surface area contributed by atoms with Crippen molar-refractivity contribution in [2.45, 2.75) is 26.8 Å². The van der Waals surface area contributed by atoms with E-state index in [9.17, 15) is 4.79 Å². The van der Waals surface area contributed by atoms with Crippen LogP contribution in [-0.4, -0.2) is 5.91 Å². The van der Waals surface area contributed by atoms with Crippen LogP contribution in [0.2, 0.25) is 0 Å². The largest absolute Gasteiger partial charge is 0.346 e. The fourth-order valence-electron chi connectivity index (χ4n) is 2.19. The molecule has 0 spiro atoms. The number of hydrogen-bond donors (Lipinski definition) is 1. The summed E-state index contributed by atoms with van der Waals surface area (Å²) in [7, 11) is 0. The zero-order chi connectivity index (χ0) is 14.7. The second kappa shape index (κ2) is 6.39. The quantitative estimate of drug-likeness (QED) is 0.787. The van der Waals surface area contributed by atoms with Crippen LogP contribution < -0.4 is 5.32 Å². The maximum Gasteiger partial charge on any atom is 0.251 e. The predicted octanol–water partition coefficient (Wildman–Crippen LogP) is 4.40. The van der Waals surface area contributed by atoms with E-state index in [2.05, 4.69) is 60.0 Å². The summed E-state index contributed by atoms with van der Waals surface area (Å²) >= 11 is 2.23. The van der Waals surface area contributed by atoms with Crippen LogP contribution in [0.3, 0.4) is 0 Å². The van der Waals surface area contributed by atoms with Crippen molar-refractivity contribution < 1.29 is 4.79 Å². The van der Waals surface area contributed by atoms with Crippen LogP contribution in [0.1, 0.15) is 40.0 Å². The summed E-state index contributed by atoms with van der Waals surface area (Å²) in [5.74, 6) is -0.0326. The van der Waals surface area contributed by atoms with Gasteiger partial charge in [0, 0.05) is 9.13 Å². The lowest BCUT2D eigenvalue weighted by Crippen LogP contribution is -2.27. The summed E-state index contributed by atoms with van der Waals surface area (Å²) in [6.07, 6.45) is 0. The van der Waals surface area contributed by atoms with Crippen molar-refractivity contribution in [3.63, 3.8) is 0 Å². The number of amides is 1. The standard InChI is InChI=1S/C17H18INO/c1-11-4-5-12(2)16(10-11)13(3)19-17(20)14-6-8-15(18)9-7-14/h4-10,13H,1-3H3,(H,19,20). The number of halogens is 1. The van der Waals surface area contributed by atoms with Gasteiger partial charge in [-0.3, -0.25) is 4.79 Å². The van der Waals surface area contributed by atoms with Gasteiger partial charge in [-0.05, 0) is 78.8 Å². The summed E-state index contributed by atoms with van der Waals surface area (Å²) in [6.45, 7) is 6.16. The van der Waals surface area contributed by atoms with Gasteiger partial charge in [-0.1, -0.05) is 23.8 Å². The van der Waals surface area contributed by atoms with Gasteiger partial charge in [0.1, 0.15) is 0 Å². The minimum Gasteiger partial charge on any atom is -0.346 e. The van der Waals surface area contributed by atoms with Crippen LogP contribution in [-0.2, 0) is 0 Å². The highest BCUT2D eigenvalue weighted by Crippen LogP contribution is 2.19. The molecule has 0 radical (unpaired) electrons. The minimum atomic E-state index is -0.0326. The van der Waals surface area contributed by atoms with E-state index in [1.165, 1.54) is 16.7 Å². The lowest BCUT2D eigenvalue weighted by Gasteiger charge is -2.17. The summed E-state index contributed by atoms with van der Waals surface area (Å²) in [5, 5.41) is 3.06. The fourth-order valence-corrected chi connectivity index (χ4v) is 2.54. The predicted molar refractivity (Wildman–Crippen MR) is 91.0 cm³/mol. The number of carbonyl (C=O) groups excluding carboxylic acids is 1. The van der Waals surface area contributed by atoms with Crippen LogP contribution >= 0.6 is 22.6 Å². The summed E-state index contributed by atoms with van der Waals surface area (Å²) < 4.78 is 1.13. The highest BCUT2D eigenvalue weighted by atomic mass is 127. The number of carbonyl (C=O) groups is 1. The van der Waals surface area contributed by atoms with Crippen molar-refractivity contribution >= 4 is 28.5 Å². The van der Waals surface area contributed by atoms with E-state index >= 15 is 0 Å². The lowest BCUT2D eigenvalue weighted by atomic mass is 10.00. The fraction of sp³-hybridized carbons (Fsp3) is 0.235. The third-order valence-electron chi connectivity index (χ3n) is 3.36. The molecule has 0 aliphatic carbocycles. The molecule has 2 aromatic carbocycles. The molecule has 0 aliphatic heterocycles. The molecule has 2 nitrogen and oxygen atoms in total. The Bertz CT molecular complexity index is 619. The Kier molecular flexibility index (Phi) is 4.81. The van der Waals surface area contributed by atoms with Crippen molar-refractivity contribution in [1.82, 2.24) is 5.32 Å². The number of nitrogens with one attached hydrogen (secondary N) is 1. The first-order valence-electron chi connectivity index (χ1n) is 6.61. The Balaban J connectivity index is 2.15. The highest BCUT2D eigenvalue weighted by molar-refractivity contribution is 14.1. The zero-order valence-electron chi connectivity index (χ0n) is 11.9. The number of benzene rings is 2. The normalized spacial score (nSPS) is 12.0. The van der Waals surface area contributed by atoms with Gasteiger partial charge in [-0.25, -0.2) is 0 Å². The third kappa shape index (κ3) is 3.60. The van der Waals surface area contributed by atoms with Gasteiger partial charge in [0.05, 0.1) is 6.04 Å². The van der Waals surface area contributed by atoms with E-state index in [1.54, 1.807) is 0 Å². The van der Waals surface area contributed by atoms with Crippen LogP contribution in [0.5, 0.6) is 0 Å². The average Bonchev–Trinajstić information content (AvgIpc) is 2.42. The van der Waals surface area contributed by atoms with E-state index in [-0.39, 0.29) is 11.9 Å². The van der Waals surface area contributed by atoms with Gasteiger partial charge in [0.25, 0.3) is 5.91 Å². The maximum absolute atomic E-state index is 12.2. The van der Waals surface area contributed by atoms with Gasteiger partial charge in [0.15, 0.2) is 0 Å². The average molecular weight is 379 g/mol. The van der Waals surface area contributed by atoms with Crippen molar-refractivity contribution in [1.29, 1.82) is 0 Å². The zero-order valence-corrected chi connectivity index (χ0v) is 14.1. The Hall–Kier alpha value is -1.36. The number of hydrogen-bond acceptors (Lipinski definition) is 1. The van der Waals surface area contributed by atoms with E-state index in [0.717, 1.165) is 3.57 Å². The van der Waals surface area contributed by atoms with E-state index in [1.807, 2.05) is 31.2 Å². The molecular formula is C17H18INO. The molecule has 1 amide bonds. The van der Waals surface area contributed by atoms with Crippen LogP contribution in [0.4, 0.5) is 0 Å². The van der Waals surface area contributed by atoms with Crippen molar-refractivity contribution in [3.05, 3.63) is 68.3 Å². The molecule has 0 aliphatic rings. The summed E-state index contributed by atoms with van der Waals surface area (Å²) in [6, 6.07) is 13.9. The van der Waals surface area contributed by atoms with Crippen molar-refractivity contribution in [2.24, 2.45) is 0 Å².